The fraction of sp³-hybridized carbons (Fsp3) is 0.594. The van der Waals surface area contributed by atoms with E-state index < -0.39 is 47.6 Å². The molecule has 0 saturated heterocycles. The van der Waals surface area contributed by atoms with Crippen LogP contribution in [0.3, 0.4) is 0 Å². The van der Waals surface area contributed by atoms with E-state index in [2.05, 4.69) is 37.2 Å². The molecule has 4 amide bonds. The summed E-state index contributed by atoms with van der Waals surface area (Å²) in [4.78, 5) is 65.4. The van der Waals surface area contributed by atoms with E-state index in [-0.39, 0.29) is 38.1 Å². The summed E-state index contributed by atoms with van der Waals surface area (Å²) in [5.74, 6) is 0.578. The Kier molecular flexibility index (Phi) is 18.7. The molecule has 0 saturated carbocycles. The van der Waals surface area contributed by atoms with Gasteiger partial charge in [-0.15, -0.1) is 12.3 Å². The van der Waals surface area contributed by atoms with E-state index in [0.717, 1.165) is 5.56 Å². The Morgan fingerprint density at radius 1 is 0.935 bits per heavy atom. The number of carbonyl (C=O) groups excluding carboxylic acids is 5. The second-order valence-corrected chi connectivity index (χ2v) is 11.5. The first-order valence-electron chi connectivity index (χ1n) is 15.3. The SMILES string of the molecule is C#CCCC(=O)NCCCC[C@@H](NC(=O)OC(C)(C)C)C(=O)N[C@@H](CCCCNC(=O)[C@H](Cc1ccccc1)N=[N+]=[N-])C(=O)OC. The number of hydrogen-bond donors (Lipinski definition) is 4. The first-order valence-corrected chi connectivity index (χ1v) is 15.3. The monoisotopic (exact) mass is 641 g/mol. The van der Waals surface area contributed by atoms with Crippen LogP contribution in [0.1, 0.15) is 77.7 Å². The van der Waals surface area contributed by atoms with Crippen LogP contribution in [0.4, 0.5) is 4.79 Å². The van der Waals surface area contributed by atoms with Crippen molar-refractivity contribution in [1.29, 1.82) is 0 Å². The second-order valence-electron chi connectivity index (χ2n) is 11.5. The molecule has 0 heterocycles. The standard InChI is InChI=1S/C32H47N7O7/c1-6-7-19-27(40)34-20-13-11-17-24(37-31(44)46-32(2,3)4)29(42)36-25(30(43)45-5)18-12-14-21-35-28(41)26(38-39-33)22-23-15-9-8-10-16-23/h1,8-10,15-16,24-26H,7,11-14,17-22H2,2-5H3,(H,34,40)(H,35,41)(H,36,42)(H,37,44)/t24-,25+,26+/m1/s1. The lowest BCUT2D eigenvalue weighted by Gasteiger charge is -2.25. The maximum absolute atomic E-state index is 13.3. The molecule has 1 rings (SSSR count). The van der Waals surface area contributed by atoms with E-state index in [0.29, 0.717) is 38.6 Å². The quantitative estimate of drug-likeness (QED) is 0.0417. The summed E-state index contributed by atoms with van der Waals surface area (Å²) in [6, 6.07) is 6.27. The summed E-state index contributed by atoms with van der Waals surface area (Å²) < 4.78 is 10.2. The van der Waals surface area contributed by atoms with Gasteiger partial charge in [0.15, 0.2) is 0 Å². The number of esters is 1. The van der Waals surface area contributed by atoms with Gasteiger partial charge in [0.2, 0.25) is 17.7 Å². The number of alkyl carbamates (subject to hydrolysis) is 1. The van der Waals surface area contributed by atoms with E-state index in [9.17, 15) is 24.0 Å². The van der Waals surface area contributed by atoms with Crippen LogP contribution in [0, 0.1) is 12.3 Å². The van der Waals surface area contributed by atoms with E-state index in [4.69, 9.17) is 21.4 Å². The molecule has 0 aliphatic heterocycles. The van der Waals surface area contributed by atoms with Gasteiger partial charge in [-0.05, 0) is 76.8 Å². The van der Waals surface area contributed by atoms with E-state index in [1.54, 1.807) is 20.8 Å². The van der Waals surface area contributed by atoms with Crippen LogP contribution in [0.25, 0.3) is 10.4 Å². The number of unbranched alkanes of at least 4 members (excludes halogenated alkanes) is 2. The van der Waals surface area contributed by atoms with Gasteiger partial charge in [0.25, 0.3) is 0 Å². The minimum absolute atomic E-state index is 0.165. The van der Waals surface area contributed by atoms with Crippen LogP contribution in [0.15, 0.2) is 35.4 Å². The zero-order valence-corrected chi connectivity index (χ0v) is 27.2. The van der Waals surface area contributed by atoms with Crippen molar-refractivity contribution in [3.8, 4) is 12.3 Å². The summed E-state index contributed by atoms with van der Waals surface area (Å²) in [5, 5.41) is 14.4. The number of benzene rings is 1. The van der Waals surface area contributed by atoms with E-state index >= 15 is 0 Å². The lowest BCUT2D eigenvalue weighted by Crippen LogP contribution is -2.52. The topological polar surface area (TPSA) is 201 Å². The molecule has 0 spiro atoms. The van der Waals surface area contributed by atoms with Crippen LogP contribution in [-0.4, -0.2) is 73.7 Å². The van der Waals surface area contributed by atoms with Crippen molar-refractivity contribution < 1.29 is 33.4 Å². The lowest BCUT2D eigenvalue weighted by atomic mass is 10.1. The zero-order valence-electron chi connectivity index (χ0n) is 27.2. The third-order valence-corrected chi connectivity index (χ3v) is 6.53. The average Bonchev–Trinajstić information content (AvgIpc) is 3.01. The number of rotatable bonds is 20. The predicted octanol–water partition coefficient (Wildman–Crippen LogP) is 3.45. The Morgan fingerprint density at radius 2 is 1.57 bits per heavy atom. The highest BCUT2D eigenvalue weighted by Gasteiger charge is 2.28. The van der Waals surface area contributed by atoms with Crippen molar-refractivity contribution in [3.05, 3.63) is 46.3 Å². The maximum Gasteiger partial charge on any atom is 0.408 e. The van der Waals surface area contributed by atoms with Crippen LogP contribution in [-0.2, 0) is 35.1 Å². The number of nitrogens with zero attached hydrogens (tertiary/aromatic N) is 3. The molecule has 14 heteroatoms. The average molecular weight is 642 g/mol. The summed E-state index contributed by atoms with van der Waals surface area (Å²) >= 11 is 0. The Morgan fingerprint density at radius 3 is 2.15 bits per heavy atom. The van der Waals surface area contributed by atoms with Gasteiger partial charge < -0.3 is 30.7 Å². The van der Waals surface area contributed by atoms with Crippen molar-refractivity contribution in [3.63, 3.8) is 0 Å². The van der Waals surface area contributed by atoms with E-state index in [1.807, 2.05) is 30.3 Å². The van der Waals surface area contributed by atoms with Crippen LogP contribution >= 0.6 is 0 Å². The molecule has 0 unspecified atom stereocenters. The molecule has 0 aromatic heterocycles. The highest BCUT2D eigenvalue weighted by Crippen LogP contribution is 2.11. The van der Waals surface area contributed by atoms with Crippen molar-refractivity contribution in [2.75, 3.05) is 20.2 Å². The second kappa shape index (κ2) is 21.9. The number of amides is 4. The fourth-order valence-electron chi connectivity index (χ4n) is 4.25. The highest BCUT2D eigenvalue weighted by molar-refractivity contribution is 5.89. The number of azide groups is 1. The van der Waals surface area contributed by atoms with Crippen molar-refractivity contribution in [2.45, 2.75) is 102 Å². The largest absolute Gasteiger partial charge is 0.467 e. The lowest BCUT2D eigenvalue weighted by molar-refractivity contribution is -0.145. The van der Waals surface area contributed by atoms with Crippen molar-refractivity contribution in [1.82, 2.24) is 21.3 Å². The van der Waals surface area contributed by atoms with Gasteiger partial charge in [-0.25, -0.2) is 9.59 Å². The summed E-state index contributed by atoms with van der Waals surface area (Å²) in [7, 11) is 1.21. The molecule has 0 fully saturated rings. The van der Waals surface area contributed by atoms with E-state index in [1.165, 1.54) is 7.11 Å². The highest BCUT2D eigenvalue weighted by atomic mass is 16.6. The number of nitrogens with one attached hydrogen (secondary N) is 4. The van der Waals surface area contributed by atoms with Gasteiger partial charge in [-0.3, -0.25) is 14.4 Å². The maximum atomic E-state index is 13.3. The number of ether oxygens (including phenoxy) is 2. The molecule has 0 aliphatic carbocycles. The third kappa shape index (κ3) is 17.5. The summed E-state index contributed by atoms with van der Waals surface area (Å²) in [5.41, 5.74) is 8.95. The third-order valence-electron chi connectivity index (χ3n) is 6.53. The molecule has 0 radical (unpaired) electrons. The van der Waals surface area contributed by atoms with Crippen LogP contribution < -0.4 is 21.3 Å². The minimum atomic E-state index is -1.01. The Hall–Kier alpha value is -4.76. The number of hydrogen-bond acceptors (Lipinski definition) is 8. The molecule has 1 aromatic carbocycles. The molecule has 46 heavy (non-hydrogen) atoms. The van der Waals surface area contributed by atoms with Crippen molar-refractivity contribution in [2.24, 2.45) is 5.11 Å². The molecular weight excluding hydrogens is 594 g/mol. The predicted molar refractivity (Wildman–Crippen MR) is 172 cm³/mol. The van der Waals surface area contributed by atoms with Gasteiger partial charge in [0, 0.05) is 30.8 Å². The molecule has 252 valence electrons. The molecule has 14 nitrogen and oxygen atoms in total. The van der Waals surface area contributed by atoms with Gasteiger partial charge in [-0.2, -0.15) is 0 Å². The molecule has 0 aliphatic rings. The summed E-state index contributed by atoms with van der Waals surface area (Å²) in [6.07, 6.45) is 7.58. The van der Waals surface area contributed by atoms with Gasteiger partial charge in [0.05, 0.1) is 7.11 Å². The number of terminal acetylenes is 1. The Bertz CT molecular complexity index is 1220. The van der Waals surface area contributed by atoms with Crippen LogP contribution in [0.2, 0.25) is 0 Å². The molecule has 1 aromatic rings. The fourth-order valence-corrected chi connectivity index (χ4v) is 4.25. The van der Waals surface area contributed by atoms with Gasteiger partial charge >= 0.3 is 12.1 Å². The van der Waals surface area contributed by atoms with Gasteiger partial charge in [-0.1, -0.05) is 35.4 Å². The van der Waals surface area contributed by atoms with Crippen LogP contribution in [0.5, 0.6) is 0 Å². The molecule has 3 atom stereocenters. The Balaban J connectivity index is 2.71. The summed E-state index contributed by atoms with van der Waals surface area (Å²) in [6.45, 7) is 5.72. The smallest absolute Gasteiger partial charge is 0.408 e. The van der Waals surface area contributed by atoms with Crippen molar-refractivity contribution >= 4 is 29.8 Å². The zero-order chi connectivity index (χ0) is 34.4. The number of methoxy groups -OCH3 is 1. The molecule has 4 N–H and O–H groups in total. The molecular formula is C32H47N7O7. The minimum Gasteiger partial charge on any atom is -0.467 e. The number of carbonyl (C=O) groups is 5. The Labute approximate surface area is 270 Å². The molecule has 0 bridgehead atoms. The van der Waals surface area contributed by atoms with Gasteiger partial charge in [0.1, 0.15) is 23.7 Å². The first kappa shape index (κ1) is 39.3. The normalized spacial score (nSPS) is 12.6. The first-order chi connectivity index (χ1) is 21.9.